The molecule has 0 aliphatic rings. The van der Waals surface area contributed by atoms with Crippen LogP contribution in [0.1, 0.15) is 17.8 Å². The lowest BCUT2D eigenvalue weighted by atomic mass is 10.3. The summed E-state index contributed by atoms with van der Waals surface area (Å²) < 4.78 is 3.16. The van der Waals surface area contributed by atoms with E-state index in [2.05, 4.69) is 10.2 Å². The van der Waals surface area contributed by atoms with Gasteiger partial charge in [0.25, 0.3) is 0 Å². The molecule has 2 rings (SSSR count). The molecule has 118 valence electrons. The van der Waals surface area contributed by atoms with Crippen LogP contribution >= 0.6 is 0 Å². The summed E-state index contributed by atoms with van der Waals surface area (Å²) in [6.45, 7) is 2.46. The number of rotatable bonds is 6. The molecule has 9 nitrogen and oxygen atoms in total. The number of carbonyl (C=O) groups excluding carboxylic acids is 1. The Kier molecular flexibility index (Phi) is 4.54. The molecule has 0 aliphatic carbocycles. The molecule has 0 fully saturated rings. The highest BCUT2D eigenvalue weighted by atomic mass is 16.6. The third-order valence-electron chi connectivity index (χ3n) is 3.29. The Morgan fingerprint density at radius 3 is 2.73 bits per heavy atom. The number of nitro groups is 1. The van der Waals surface area contributed by atoms with Gasteiger partial charge in [0.05, 0.1) is 35.6 Å². The zero-order valence-electron chi connectivity index (χ0n) is 12.8. The van der Waals surface area contributed by atoms with Gasteiger partial charge in [0.2, 0.25) is 5.91 Å². The molecule has 0 atom stereocenters. The lowest BCUT2D eigenvalue weighted by Crippen LogP contribution is -2.27. The maximum Gasteiger partial charge on any atom is 0.390 e. The largest absolute Gasteiger partial charge is 0.390 e. The van der Waals surface area contributed by atoms with E-state index < -0.39 is 4.92 Å². The zero-order valence-corrected chi connectivity index (χ0v) is 12.8. The van der Waals surface area contributed by atoms with Crippen molar-refractivity contribution >= 4 is 11.7 Å². The number of aryl methyl sites for hydroxylation is 3. The fourth-order valence-corrected chi connectivity index (χ4v) is 2.08. The van der Waals surface area contributed by atoms with E-state index >= 15 is 0 Å². The van der Waals surface area contributed by atoms with Crippen molar-refractivity contribution in [1.82, 2.24) is 24.5 Å². The van der Waals surface area contributed by atoms with Gasteiger partial charge in [-0.3, -0.25) is 9.48 Å². The van der Waals surface area contributed by atoms with Gasteiger partial charge in [-0.2, -0.15) is 9.78 Å². The number of aromatic nitrogens is 4. The fourth-order valence-electron chi connectivity index (χ4n) is 2.08. The van der Waals surface area contributed by atoms with Crippen LogP contribution in [0.25, 0.3) is 0 Å². The first-order valence-electron chi connectivity index (χ1n) is 6.78. The molecule has 1 amide bonds. The van der Waals surface area contributed by atoms with Gasteiger partial charge in [0.15, 0.2) is 0 Å². The number of amides is 1. The molecule has 0 saturated heterocycles. The predicted octanol–water partition coefficient (Wildman–Crippen LogP) is 0.882. The van der Waals surface area contributed by atoms with E-state index in [0.29, 0.717) is 18.8 Å². The Hall–Kier alpha value is -2.71. The summed E-state index contributed by atoms with van der Waals surface area (Å²) in [5.41, 5.74) is 1.47. The molecule has 2 aromatic heterocycles. The van der Waals surface area contributed by atoms with E-state index in [9.17, 15) is 14.9 Å². The van der Waals surface area contributed by atoms with Crippen molar-refractivity contribution in [3.8, 4) is 0 Å². The Morgan fingerprint density at radius 2 is 2.18 bits per heavy atom. The molecule has 0 aromatic carbocycles. The average molecular weight is 306 g/mol. The van der Waals surface area contributed by atoms with E-state index in [0.717, 1.165) is 5.69 Å². The molecule has 0 unspecified atom stereocenters. The van der Waals surface area contributed by atoms with E-state index in [4.69, 9.17) is 0 Å². The normalized spacial score (nSPS) is 10.7. The van der Waals surface area contributed by atoms with Crippen molar-refractivity contribution in [2.75, 3.05) is 7.05 Å². The summed E-state index contributed by atoms with van der Waals surface area (Å²) in [7, 11) is 3.52. The highest BCUT2D eigenvalue weighted by Gasteiger charge is 2.17. The van der Waals surface area contributed by atoms with Crippen LogP contribution in [0.4, 0.5) is 5.82 Å². The molecule has 0 aliphatic heterocycles. The first-order valence-corrected chi connectivity index (χ1v) is 6.78. The van der Waals surface area contributed by atoms with Crippen LogP contribution < -0.4 is 0 Å². The van der Waals surface area contributed by atoms with Crippen molar-refractivity contribution in [3.05, 3.63) is 39.8 Å². The number of nitrogens with zero attached hydrogens (tertiary/aromatic N) is 6. The van der Waals surface area contributed by atoms with Gasteiger partial charge >= 0.3 is 5.82 Å². The smallest absolute Gasteiger partial charge is 0.358 e. The van der Waals surface area contributed by atoms with Gasteiger partial charge in [0.1, 0.15) is 0 Å². The minimum Gasteiger partial charge on any atom is -0.358 e. The molecular formula is C13H18N6O3. The minimum atomic E-state index is -0.543. The first kappa shape index (κ1) is 15.7. The standard InChI is InChI=1S/C13H18N6O3/c1-10-8-12(19(21)22)15-18(10)7-5-13(20)16(2)9-11-4-6-17(3)14-11/h4,6,8H,5,7,9H2,1-3H3. The summed E-state index contributed by atoms with van der Waals surface area (Å²) in [6.07, 6.45) is 2.04. The molecule has 0 saturated carbocycles. The highest BCUT2D eigenvalue weighted by Crippen LogP contribution is 2.11. The second-order valence-electron chi connectivity index (χ2n) is 5.10. The molecule has 2 aromatic rings. The van der Waals surface area contributed by atoms with Gasteiger partial charge in [-0.05, 0) is 17.9 Å². The summed E-state index contributed by atoms with van der Waals surface area (Å²) in [4.78, 5) is 23.8. The lowest BCUT2D eigenvalue weighted by molar-refractivity contribution is -0.389. The molecule has 0 bridgehead atoms. The molecule has 0 spiro atoms. The predicted molar refractivity (Wildman–Crippen MR) is 77.9 cm³/mol. The molecule has 9 heteroatoms. The summed E-state index contributed by atoms with van der Waals surface area (Å²) in [6, 6.07) is 3.24. The quantitative estimate of drug-likeness (QED) is 0.582. The van der Waals surface area contributed by atoms with Gasteiger partial charge in [-0.15, -0.1) is 0 Å². The Bertz CT molecular complexity index is 690. The molecule has 22 heavy (non-hydrogen) atoms. The van der Waals surface area contributed by atoms with Crippen molar-refractivity contribution in [2.24, 2.45) is 7.05 Å². The van der Waals surface area contributed by atoms with Crippen LogP contribution in [-0.4, -0.2) is 42.3 Å². The maximum absolute atomic E-state index is 12.1. The Morgan fingerprint density at radius 1 is 1.45 bits per heavy atom. The third-order valence-corrected chi connectivity index (χ3v) is 3.29. The molecular weight excluding hydrogens is 288 g/mol. The Balaban J connectivity index is 1.90. The van der Waals surface area contributed by atoms with E-state index in [1.54, 1.807) is 23.6 Å². The third kappa shape index (κ3) is 3.68. The second-order valence-corrected chi connectivity index (χ2v) is 5.10. The molecule has 2 heterocycles. The van der Waals surface area contributed by atoms with Gasteiger partial charge in [0, 0.05) is 26.7 Å². The van der Waals surface area contributed by atoms with Crippen molar-refractivity contribution in [1.29, 1.82) is 0 Å². The summed E-state index contributed by atoms with van der Waals surface area (Å²) in [5, 5.41) is 18.7. The van der Waals surface area contributed by atoms with Crippen LogP contribution in [0.2, 0.25) is 0 Å². The van der Waals surface area contributed by atoms with Crippen molar-refractivity contribution in [2.45, 2.75) is 26.4 Å². The average Bonchev–Trinajstić information content (AvgIpc) is 3.02. The lowest BCUT2D eigenvalue weighted by Gasteiger charge is -2.15. The monoisotopic (exact) mass is 306 g/mol. The minimum absolute atomic E-state index is 0.0665. The maximum atomic E-state index is 12.1. The SMILES string of the molecule is Cc1cc([N+](=O)[O-])nn1CCC(=O)N(C)Cc1ccn(C)n1. The molecule has 0 N–H and O–H groups in total. The number of hydrogen-bond donors (Lipinski definition) is 0. The van der Waals surface area contributed by atoms with Crippen LogP contribution in [0.15, 0.2) is 18.3 Å². The van der Waals surface area contributed by atoms with Crippen LogP contribution in [0.3, 0.4) is 0 Å². The van der Waals surface area contributed by atoms with Gasteiger partial charge in [-0.1, -0.05) is 0 Å². The summed E-state index contributed by atoms with van der Waals surface area (Å²) in [5.74, 6) is -0.269. The molecule has 0 radical (unpaired) electrons. The van der Waals surface area contributed by atoms with Crippen LogP contribution in [0, 0.1) is 17.0 Å². The van der Waals surface area contributed by atoms with Crippen molar-refractivity contribution in [3.63, 3.8) is 0 Å². The second kappa shape index (κ2) is 6.37. The topological polar surface area (TPSA) is 99.1 Å². The van der Waals surface area contributed by atoms with Gasteiger partial charge in [-0.25, -0.2) is 0 Å². The zero-order chi connectivity index (χ0) is 16.3. The Labute approximate surface area is 127 Å². The van der Waals surface area contributed by atoms with Crippen LogP contribution in [0.5, 0.6) is 0 Å². The fraction of sp³-hybridized carbons (Fsp3) is 0.462. The summed E-state index contributed by atoms with van der Waals surface area (Å²) >= 11 is 0. The van der Waals surface area contributed by atoms with E-state index in [-0.39, 0.29) is 18.1 Å². The highest BCUT2D eigenvalue weighted by molar-refractivity contribution is 5.75. The first-order chi connectivity index (χ1) is 10.4. The number of carbonyl (C=O) groups is 1. The van der Waals surface area contributed by atoms with E-state index in [1.165, 1.54) is 10.7 Å². The van der Waals surface area contributed by atoms with Crippen molar-refractivity contribution < 1.29 is 9.72 Å². The van der Waals surface area contributed by atoms with Crippen LogP contribution in [-0.2, 0) is 24.9 Å². The van der Waals surface area contributed by atoms with Gasteiger partial charge < -0.3 is 15.0 Å². The number of hydrogen-bond acceptors (Lipinski definition) is 5. The van der Waals surface area contributed by atoms with E-state index in [1.807, 2.05) is 19.3 Å².